The van der Waals surface area contributed by atoms with Crippen LogP contribution in [0.15, 0.2) is 59.4 Å². The Labute approximate surface area is 218 Å². The Morgan fingerprint density at radius 3 is 2.57 bits per heavy atom. The van der Waals surface area contributed by atoms with Gasteiger partial charge in [0.1, 0.15) is 12.3 Å². The molecule has 37 heavy (non-hydrogen) atoms. The average molecular weight is 520 g/mol. The van der Waals surface area contributed by atoms with Gasteiger partial charge in [-0.1, -0.05) is 41.4 Å². The molecule has 1 amide bonds. The number of anilines is 1. The van der Waals surface area contributed by atoms with Gasteiger partial charge in [0, 0.05) is 17.0 Å². The Morgan fingerprint density at radius 1 is 1.05 bits per heavy atom. The van der Waals surface area contributed by atoms with Crippen molar-refractivity contribution < 1.29 is 19.0 Å². The van der Waals surface area contributed by atoms with E-state index in [1.54, 1.807) is 36.1 Å². The van der Waals surface area contributed by atoms with Gasteiger partial charge < -0.3 is 19.5 Å². The molecule has 0 fully saturated rings. The van der Waals surface area contributed by atoms with Gasteiger partial charge in [0.05, 0.1) is 31.2 Å². The Hall–Kier alpha value is -4.17. The molecular weight excluding hydrogens is 494 g/mol. The fourth-order valence-electron chi connectivity index (χ4n) is 4.63. The summed E-state index contributed by atoms with van der Waals surface area (Å²) in [5.74, 6) is 1.46. The minimum atomic E-state index is -0.383. The molecular formula is C28H26ClN3O5. The number of hydrogen-bond acceptors (Lipinski definition) is 5. The van der Waals surface area contributed by atoms with Crippen molar-refractivity contribution in [2.24, 2.45) is 0 Å². The van der Waals surface area contributed by atoms with Crippen LogP contribution in [0.1, 0.15) is 22.3 Å². The zero-order valence-corrected chi connectivity index (χ0v) is 21.7. The van der Waals surface area contributed by atoms with E-state index in [1.807, 2.05) is 44.2 Å². The minimum absolute atomic E-state index is 0.196. The van der Waals surface area contributed by atoms with Crippen molar-refractivity contribution in [2.45, 2.75) is 26.8 Å². The number of fused-ring (bicyclic) bond motifs is 2. The largest absolute Gasteiger partial charge is 0.495 e. The van der Waals surface area contributed by atoms with Crippen LogP contribution in [0.3, 0.4) is 0 Å². The van der Waals surface area contributed by atoms with Crippen LogP contribution in [0.5, 0.6) is 23.1 Å². The third-order valence-corrected chi connectivity index (χ3v) is 6.58. The second kappa shape index (κ2) is 9.71. The Morgan fingerprint density at radius 2 is 1.84 bits per heavy atom. The Balaban J connectivity index is 1.62. The molecule has 0 atom stereocenters. The quantitative estimate of drug-likeness (QED) is 0.331. The lowest BCUT2D eigenvalue weighted by atomic mass is 10.0. The van der Waals surface area contributed by atoms with Gasteiger partial charge in [-0.05, 0) is 49.7 Å². The van der Waals surface area contributed by atoms with Gasteiger partial charge in [-0.3, -0.25) is 9.59 Å². The lowest BCUT2D eigenvalue weighted by molar-refractivity contribution is -0.117. The van der Waals surface area contributed by atoms with Gasteiger partial charge in [0.25, 0.3) is 5.56 Å². The summed E-state index contributed by atoms with van der Waals surface area (Å²) in [4.78, 5) is 27.1. The lowest BCUT2D eigenvalue weighted by Crippen LogP contribution is -2.28. The number of para-hydroxylation sites is 1. The molecule has 2 heterocycles. The molecule has 4 aromatic rings. The maximum absolute atomic E-state index is 13.8. The highest BCUT2D eigenvalue weighted by Crippen LogP contribution is 2.42. The Bertz CT molecular complexity index is 1590. The predicted molar refractivity (Wildman–Crippen MR) is 142 cm³/mol. The molecule has 0 saturated heterocycles. The average Bonchev–Trinajstić information content (AvgIpc) is 3.12. The molecule has 5 rings (SSSR count). The second-order valence-corrected chi connectivity index (χ2v) is 9.30. The van der Waals surface area contributed by atoms with Crippen LogP contribution in [0, 0.1) is 13.8 Å². The number of carbonyl (C=O) groups excluding carboxylic acids is 1. The highest BCUT2D eigenvalue weighted by atomic mass is 35.5. The Kier molecular flexibility index (Phi) is 6.43. The van der Waals surface area contributed by atoms with Gasteiger partial charge in [0.2, 0.25) is 11.8 Å². The summed E-state index contributed by atoms with van der Waals surface area (Å²) in [6.45, 7) is 3.72. The maximum Gasteiger partial charge on any atom is 0.278 e. The van der Waals surface area contributed by atoms with E-state index >= 15 is 0 Å². The second-order valence-electron chi connectivity index (χ2n) is 8.87. The van der Waals surface area contributed by atoms with Crippen LogP contribution in [0.2, 0.25) is 5.02 Å². The summed E-state index contributed by atoms with van der Waals surface area (Å²) in [5.41, 5.74) is 4.10. The van der Waals surface area contributed by atoms with Crippen LogP contribution in [0.25, 0.3) is 5.69 Å². The highest BCUT2D eigenvalue weighted by Gasteiger charge is 2.31. The summed E-state index contributed by atoms with van der Waals surface area (Å²) in [6.07, 6.45) is 0.350. The molecule has 1 aliphatic rings. The molecule has 8 nitrogen and oxygen atoms in total. The molecule has 0 bridgehead atoms. The first kappa shape index (κ1) is 24.5. The summed E-state index contributed by atoms with van der Waals surface area (Å²) in [7, 11) is 3.08. The van der Waals surface area contributed by atoms with E-state index in [0.29, 0.717) is 51.5 Å². The molecule has 1 N–H and O–H groups in total. The van der Waals surface area contributed by atoms with Crippen molar-refractivity contribution >= 4 is 23.2 Å². The molecule has 0 radical (unpaired) electrons. The fourth-order valence-corrected chi connectivity index (χ4v) is 4.81. The normalized spacial score (nSPS) is 11.8. The third kappa shape index (κ3) is 4.44. The number of ether oxygens (including phenoxy) is 3. The summed E-state index contributed by atoms with van der Waals surface area (Å²) in [6, 6.07) is 16.3. The number of benzene rings is 3. The number of amides is 1. The number of methoxy groups -OCH3 is 2. The molecule has 0 aliphatic carbocycles. The van der Waals surface area contributed by atoms with E-state index in [0.717, 1.165) is 16.7 Å². The molecule has 3 aromatic carbocycles. The van der Waals surface area contributed by atoms with Crippen LogP contribution < -0.4 is 25.1 Å². The van der Waals surface area contributed by atoms with Gasteiger partial charge in [0.15, 0.2) is 11.5 Å². The third-order valence-electron chi connectivity index (χ3n) is 6.34. The number of aryl methyl sites for hydroxylation is 2. The lowest BCUT2D eigenvalue weighted by Gasteiger charge is -2.21. The summed E-state index contributed by atoms with van der Waals surface area (Å²) in [5, 5.41) is 3.30. The number of hydrogen-bond donors (Lipinski definition) is 1. The van der Waals surface area contributed by atoms with Crippen molar-refractivity contribution in [1.82, 2.24) is 9.36 Å². The van der Waals surface area contributed by atoms with Gasteiger partial charge >= 0.3 is 0 Å². The van der Waals surface area contributed by atoms with Gasteiger partial charge in [-0.15, -0.1) is 0 Å². The molecule has 1 aliphatic heterocycles. The first-order chi connectivity index (χ1) is 17.8. The first-order valence-electron chi connectivity index (χ1n) is 11.7. The van der Waals surface area contributed by atoms with Crippen molar-refractivity contribution in [3.8, 4) is 28.8 Å². The van der Waals surface area contributed by atoms with E-state index in [9.17, 15) is 9.59 Å². The topological polar surface area (TPSA) is 83.7 Å². The SMILES string of the molecule is COc1ccc(Cl)cc1NC(=O)Cn1c2c(c(=O)n1-c1ccc(C)cc1C)Cc1cccc(OC)c1O2. The summed E-state index contributed by atoms with van der Waals surface area (Å²) >= 11 is 6.14. The number of nitrogens with zero attached hydrogens (tertiary/aromatic N) is 2. The number of aromatic nitrogens is 2. The molecule has 1 aromatic heterocycles. The van der Waals surface area contributed by atoms with E-state index in [-0.39, 0.29) is 18.0 Å². The number of nitrogens with one attached hydrogen (secondary N) is 1. The standard InChI is InChI=1S/C28H26ClN3O5/c1-16-8-10-22(17(2)12-16)32-27(34)20-13-18-6-5-7-24(36-4)26(18)37-28(20)31(32)15-25(33)30-21-14-19(29)9-11-23(21)35-3/h5-12,14H,13,15H2,1-4H3,(H,30,33). The van der Waals surface area contributed by atoms with E-state index in [1.165, 1.54) is 11.8 Å². The van der Waals surface area contributed by atoms with Crippen LogP contribution >= 0.6 is 11.6 Å². The molecule has 9 heteroatoms. The van der Waals surface area contributed by atoms with Crippen molar-refractivity contribution in [3.05, 3.63) is 92.2 Å². The summed E-state index contributed by atoms with van der Waals surface area (Å²) < 4.78 is 20.2. The predicted octanol–water partition coefficient (Wildman–Crippen LogP) is 5.26. The maximum atomic E-state index is 13.8. The number of carbonyl (C=O) groups is 1. The van der Waals surface area contributed by atoms with Crippen LogP contribution in [-0.2, 0) is 17.8 Å². The first-order valence-corrected chi connectivity index (χ1v) is 12.1. The van der Waals surface area contributed by atoms with Crippen LogP contribution in [0.4, 0.5) is 5.69 Å². The van der Waals surface area contributed by atoms with E-state index in [2.05, 4.69) is 5.32 Å². The highest BCUT2D eigenvalue weighted by molar-refractivity contribution is 6.31. The molecule has 0 spiro atoms. The van der Waals surface area contributed by atoms with Crippen molar-refractivity contribution in [1.29, 1.82) is 0 Å². The molecule has 0 saturated carbocycles. The van der Waals surface area contributed by atoms with Gasteiger partial charge in [-0.25, -0.2) is 9.36 Å². The van der Waals surface area contributed by atoms with Gasteiger partial charge in [-0.2, -0.15) is 0 Å². The molecule has 190 valence electrons. The van der Waals surface area contributed by atoms with Crippen LogP contribution in [-0.4, -0.2) is 29.5 Å². The van der Waals surface area contributed by atoms with E-state index in [4.69, 9.17) is 25.8 Å². The number of rotatable bonds is 6. The fraction of sp³-hybridized carbons (Fsp3) is 0.214. The zero-order valence-electron chi connectivity index (χ0n) is 20.9. The smallest absolute Gasteiger partial charge is 0.278 e. The van der Waals surface area contributed by atoms with E-state index < -0.39 is 0 Å². The minimum Gasteiger partial charge on any atom is -0.495 e. The number of halogens is 1. The van der Waals surface area contributed by atoms with Crippen molar-refractivity contribution in [2.75, 3.05) is 19.5 Å². The van der Waals surface area contributed by atoms with Crippen molar-refractivity contribution in [3.63, 3.8) is 0 Å². The molecule has 0 unspecified atom stereocenters. The monoisotopic (exact) mass is 519 g/mol. The zero-order chi connectivity index (χ0) is 26.3.